The third kappa shape index (κ3) is 5.32. The normalized spacial score (nSPS) is 10.6. The van der Waals surface area contributed by atoms with Gasteiger partial charge in [-0.15, -0.1) is 0 Å². The molecule has 0 unspecified atom stereocenters. The molecule has 0 radical (unpaired) electrons. The first-order chi connectivity index (χ1) is 7.84. The van der Waals surface area contributed by atoms with Gasteiger partial charge < -0.3 is 5.32 Å². The summed E-state index contributed by atoms with van der Waals surface area (Å²) in [6.45, 7) is 6.73. The van der Waals surface area contributed by atoms with Crippen LogP contribution in [0.4, 0.5) is 0 Å². The van der Waals surface area contributed by atoms with E-state index >= 15 is 0 Å². The molecule has 0 aliphatic carbocycles. The molecule has 0 atom stereocenters. The van der Waals surface area contributed by atoms with Gasteiger partial charge in [0.05, 0.1) is 0 Å². The summed E-state index contributed by atoms with van der Waals surface area (Å²) >= 11 is 0. The van der Waals surface area contributed by atoms with Crippen LogP contribution in [0.15, 0.2) is 24.3 Å². The second kappa shape index (κ2) is 8.35. The maximum absolute atomic E-state index is 3.52. The Hall–Kier alpha value is -0.820. The number of aryl methyl sites for hydroxylation is 1. The van der Waals surface area contributed by atoms with Gasteiger partial charge in [-0.2, -0.15) is 0 Å². The fourth-order valence-corrected chi connectivity index (χ4v) is 1.92. The molecule has 0 bridgehead atoms. The molecular weight excluding hydrogens is 194 g/mol. The molecule has 0 fully saturated rings. The lowest BCUT2D eigenvalue weighted by Gasteiger charge is -2.07. The highest BCUT2D eigenvalue weighted by Crippen LogP contribution is 2.06. The van der Waals surface area contributed by atoms with Gasteiger partial charge in [-0.1, -0.05) is 50.5 Å². The minimum Gasteiger partial charge on any atom is -0.316 e. The van der Waals surface area contributed by atoms with Crippen molar-refractivity contribution < 1.29 is 0 Å². The minimum atomic E-state index is 1.11. The van der Waals surface area contributed by atoms with E-state index in [-0.39, 0.29) is 0 Å². The van der Waals surface area contributed by atoms with Gasteiger partial charge in [-0.3, -0.25) is 0 Å². The largest absolute Gasteiger partial charge is 0.316 e. The zero-order valence-electron chi connectivity index (χ0n) is 10.8. The predicted octanol–water partition coefficient (Wildman–Crippen LogP) is 3.71. The predicted molar refractivity (Wildman–Crippen MR) is 71.9 cm³/mol. The van der Waals surface area contributed by atoms with E-state index in [1.54, 1.807) is 0 Å². The molecule has 1 aromatic carbocycles. The molecule has 0 spiro atoms. The van der Waals surface area contributed by atoms with Crippen molar-refractivity contribution in [3.63, 3.8) is 0 Å². The number of benzene rings is 1. The summed E-state index contributed by atoms with van der Waals surface area (Å²) in [6.07, 6.45) is 6.54. The van der Waals surface area contributed by atoms with Crippen LogP contribution in [0, 0.1) is 6.92 Å². The van der Waals surface area contributed by atoms with E-state index in [9.17, 15) is 0 Å². The number of hydrogen-bond acceptors (Lipinski definition) is 1. The van der Waals surface area contributed by atoms with Gasteiger partial charge in [0.2, 0.25) is 0 Å². The van der Waals surface area contributed by atoms with Crippen molar-refractivity contribution in [1.82, 2.24) is 5.32 Å². The third-order valence-corrected chi connectivity index (χ3v) is 3.04. The first-order valence-corrected chi connectivity index (χ1v) is 6.60. The molecule has 0 heterocycles. The van der Waals surface area contributed by atoms with E-state index in [1.807, 2.05) is 0 Å². The Morgan fingerprint density at radius 2 is 1.81 bits per heavy atom. The first-order valence-electron chi connectivity index (χ1n) is 6.60. The van der Waals surface area contributed by atoms with E-state index in [0.29, 0.717) is 0 Å². The van der Waals surface area contributed by atoms with E-state index in [4.69, 9.17) is 0 Å². The van der Waals surface area contributed by atoms with E-state index in [2.05, 4.69) is 43.4 Å². The van der Waals surface area contributed by atoms with Crippen LogP contribution >= 0.6 is 0 Å². The summed E-state index contributed by atoms with van der Waals surface area (Å²) in [7, 11) is 0. The van der Waals surface area contributed by atoms with E-state index < -0.39 is 0 Å². The summed E-state index contributed by atoms with van der Waals surface area (Å²) in [5.74, 6) is 0. The summed E-state index contributed by atoms with van der Waals surface area (Å²) in [4.78, 5) is 0. The van der Waals surface area contributed by atoms with Crippen LogP contribution in [0.2, 0.25) is 0 Å². The number of unbranched alkanes of at least 4 members (excludes halogenated alkanes) is 3. The zero-order valence-corrected chi connectivity index (χ0v) is 10.8. The molecule has 0 saturated heterocycles. The summed E-state index contributed by atoms with van der Waals surface area (Å²) in [5.41, 5.74) is 2.89. The molecule has 0 aliphatic heterocycles. The SMILES string of the molecule is CCCCCCNCCc1ccccc1C. The molecule has 90 valence electrons. The standard InChI is InChI=1S/C15H25N/c1-3-4-5-8-12-16-13-11-15-10-7-6-9-14(15)2/h6-7,9-10,16H,3-5,8,11-13H2,1-2H3. The smallest absolute Gasteiger partial charge is 0.000825 e. The average molecular weight is 219 g/mol. The fraction of sp³-hybridized carbons (Fsp3) is 0.600. The van der Waals surface area contributed by atoms with Crippen molar-refractivity contribution in [3.05, 3.63) is 35.4 Å². The van der Waals surface area contributed by atoms with Crippen molar-refractivity contribution in [1.29, 1.82) is 0 Å². The Bertz CT molecular complexity index is 281. The molecule has 0 aromatic heterocycles. The Morgan fingerprint density at radius 3 is 2.56 bits per heavy atom. The molecule has 0 saturated carbocycles. The van der Waals surface area contributed by atoms with Gasteiger partial charge in [0.25, 0.3) is 0 Å². The quantitative estimate of drug-likeness (QED) is 0.657. The van der Waals surface area contributed by atoms with Crippen molar-refractivity contribution in [2.24, 2.45) is 0 Å². The van der Waals surface area contributed by atoms with Crippen LogP contribution in [0.1, 0.15) is 43.7 Å². The van der Waals surface area contributed by atoms with Gasteiger partial charge in [0.1, 0.15) is 0 Å². The zero-order chi connectivity index (χ0) is 11.6. The van der Waals surface area contributed by atoms with Crippen molar-refractivity contribution in [2.75, 3.05) is 13.1 Å². The van der Waals surface area contributed by atoms with Gasteiger partial charge in [0.15, 0.2) is 0 Å². The van der Waals surface area contributed by atoms with E-state index in [0.717, 1.165) is 13.0 Å². The van der Waals surface area contributed by atoms with E-state index in [1.165, 1.54) is 43.4 Å². The van der Waals surface area contributed by atoms with Crippen LogP contribution in [0.5, 0.6) is 0 Å². The van der Waals surface area contributed by atoms with Gasteiger partial charge in [-0.25, -0.2) is 0 Å². The molecule has 1 rings (SSSR count). The lowest BCUT2D eigenvalue weighted by atomic mass is 10.1. The molecule has 1 aromatic rings. The van der Waals surface area contributed by atoms with Crippen molar-refractivity contribution >= 4 is 0 Å². The van der Waals surface area contributed by atoms with Crippen LogP contribution in [0.3, 0.4) is 0 Å². The third-order valence-electron chi connectivity index (χ3n) is 3.04. The molecule has 1 N–H and O–H groups in total. The maximum atomic E-state index is 3.52. The maximum Gasteiger partial charge on any atom is -0.000825 e. The second-order valence-electron chi connectivity index (χ2n) is 4.49. The highest BCUT2D eigenvalue weighted by Gasteiger charge is 1.96. The molecule has 1 nitrogen and oxygen atoms in total. The number of hydrogen-bond donors (Lipinski definition) is 1. The summed E-state index contributed by atoms with van der Waals surface area (Å²) in [5, 5.41) is 3.52. The lowest BCUT2D eigenvalue weighted by Crippen LogP contribution is -2.18. The van der Waals surface area contributed by atoms with Gasteiger partial charge in [0, 0.05) is 0 Å². The highest BCUT2D eigenvalue weighted by atomic mass is 14.8. The Balaban J connectivity index is 2.05. The fourth-order valence-electron chi connectivity index (χ4n) is 1.92. The van der Waals surface area contributed by atoms with Crippen molar-refractivity contribution in [3.8, 4) is 0 Å². The second-order valence-corrected chi connectivity index (χ2v) is 4.49. The Labute approximate surface area is 100 Å². The van der Waals surface area contributed by atoms with Crippen LogP contribution in [-0.2, 0) is 6.42 Å². The number of rotatable bonds is 8. The Morgan fingerprint density at radius 1 is 1.00 bits per heavy atom. The molecule has 16 heavy (non-hydrogen) atoms. The highest BCUT2D eigenvalue weighted by molar-refractivity contribution is 5.25. The monoisotopic (exact) mass is 219 g/mol. The van der Waals surface area contributed by atoms with Crippen LogP contribution in [-0.4, -0.2) is 13.1 Å². The van der Waals surface area contributed by atoms with Crippen LogP contribution in [0.25, 0.3) is 0 Å². The summed E-state index contributed by atoms with van der Waals surface area (Å²) in [6, 6.07) is 8.66. The van der Waals surface area contributed by atoms with Crippen molar-refractivity contribution in [2.45, 2.75) is 46.0 Å². The van der Waals surface area contributed by atoms with Gasteiger partial charge in [-0.05, 0) is 44.0 Å². The Kier molecular flexibility index (Phi) is 6.91. The average Bonchev–Trinajstić information content (AvgIpc) is 2.30. The lowest BCUT2D eigenvalue weighted by molar-refractivity contribution is 0.598. The minimum absolute atomic E-state index is 1.11. The molecule has 0 aliphatic rings. The molecular formula is C15H25N. The van der Waals surface area contributed by atoms with Gasteiger partial charge >= 0.3 is 0 Å². The molecule has 1 heteroatoms. The summed E-state index contributed by atoms with van der Waals surface area (Å²) < 4.78 is 0. The topological polar surface area (TPSA) is 12.0 Å². The molecule has 0 amide bonds. The number of nitrogens with one attached hydrogen (secondary N) is 1. The van der Waals surface area contributed by atoms with Crippen LogP contribution < -0.4 is 5.32 Å². The first kappa shape index (κ1) is 13.2.